The third-order valence-electron chi connectivity index (χ3n) is 4.16. The third-order valence-corrected chi connectivity index (χ3v) is 6.94. The molecule has 1 saturated heterocycles. The van der Waals surface area contributed by atoms with E-state index in [1.807, 2.05) is 17.5 Å². The fourth-order valence-corrected chi connectivity index (χ4v) is 5.30. The summed E-state index contributed by atoms with van der Waals surface area (Å²) in [6, 6.07) is 11.1. The molecule has 5 nitrogen and oxygen atoms in total. The molecule has 1 fully saturated rings. The highest BCUT2D eigenvalue weighted by Gasteiger charge is 2.31. The van der Waals surface area contributed by atoms with Crippen molar-refractivity contribution in [3.05, 3.63) is 46.7 Å². The Morgan fingerprint density at radius 2 is 1.83 bits per heavy atom. The summed E-state index contributed by atoms with van der Waals surface area (Å²) in [7, 11) is -1.94. The first-order valence-electron chi connectivity index (χ1n) is 8.05. The number of hydrogen-bond acceptors (Lipinski definition) is 4. The van der Waals surface area contributed by atoms with Gasteiger partial charge in [0.05, 0.1) is 19.3 Å². The number of rotatable bonds is 6. The molecule has 0 N–H and O–H groups in total. The molecule has 1 aromatic carbocycles. The summed E-state index contributed by atoms with van der Waals surface area (Å²) in [6.07, 6.45) is 2.95. The average Bonchev–Trinajstić information content (AvgIpc) is 3.14. The van der Waals surface area contributed by atoms with Crippen LogP contribution >= 0.6 is 11.3 Å². The first kappa shape index (κ1) is 17.3. The number of nitrogens with zero attached hydrogens (tertiary/aromatic N) is 2. The molecule has 7 heteroatoms. The minimum Gasteiger partial charge on any atom is -0.497 e. The van der Waals surface area contributed by atoms with Gasteiger partial charge in [-0.15, -0.1) is 11.3 Å². The number of piperidine rings is 1. The Balaban J connectivity index is 1.93. The van der Waals surface area contributed by atoms with Gasteiger partial charge in [-0.05, 0) is 48.6 Å². The molecule has 0 amide bonds. The van der Waals surface area contributed by atoms with Crippen LogP contribution in [-0.4, -0.2) is 32.9 Å². The fraction of sp³-hybridized carbons (Fsp3) is 0.412. The lowest BCUT2D eigenvalue weighted by Gasteiger charge is -2.33. The van der Waals surface area contributed by atoms with E-state index in [9.17, 15) is 8.42 Å². The second kappa shape index (κ2) is 7.55. The summed E-state index contributed by atoms with van der Waals surface area (Å²) >= 11 is 1.57. The van der Waals surface area contributed by atoms with Crippen LogP contribution < -0.4 is 9.04 Å². The van der Waals surface area contributed by atoms with Crippen molar-refractivity contribution in [3.63, 3.8) is 0 Å². The molecular weight excluding hydrogens is 344 g/mol. The Kier molecular flexibility index (Phi) is 5.43. The highest BCUT2D eigenvalue weighted by molar-refractivity contribution is 7.90. The van der Waals surface area contributed by atoms with Crippen molar-refractivity contribution in [1.29, 1.82) is 0 Å². The molecule has 24 heavy (non-hydrogen) atoms. The predicted octanol–water partition coefficient (Wildman–Crippen LogP) is 3.49. The second-order valence-electron chi connectivity index (χ2n) is 5.75. The van der Waals surface area contributed by atoms with Crippen molar-refractivity contribution in [3.8, 4) is 5.75 Å². The van der Waals surface area contributed by atoms with Gasteiger partial charge >= 0.3 is 10.2 Å². The van der Waals surface area contributed by atoms with Crippen molar-refractivity contribution in [1.82, 2.24) is 4.31 Å². The molecule has 1 aliphatic heterocycles. The van der Waals surface area contributed by atoms with E-state index in [1.165, 1.54) is 4.31 Å². The van der Waals surface area contributed by atoms with E-state index in [-0.39, 0.29) is 0 Å². The molecule has 0 aliphatic carbocycles. The first-order valence-corrected chi connectivity index (χ1v) is 10.3. The molecule has 0 unspecified atom stereocenters. The van der Waals surface area contributed by atoms with Crippen LogP contribution in [0.5, 0.6) is 5.75 Å². The van der Waals surface area contributed by atoms with Gasteiger partial charge in [-0.2, -0.15) is 12.7 Å². The zero-order valence-electron chi connectivity index (χ0n) is 13.7. The van der Waals surface area contributed by atoms with Crippen molar-refractivity contribution in [2.75, 3.05) is 24.5 Å². The number of benzene rings is 1. The molecule has 0 saturated carbocycles. The van der Waals surface area contributed by atoms with Gasteiger partial charge in [0.1, 0.15) is 5.75 Å². The highest BCUT2D eigenvalue weighted by atomic mass is 32.2. The molecule has 0 spiro atoms. The maximum absolute atomic E-state index is 13.2. The van der Waals surface area contributed by atoms with E-state index in [0.29, 0.717) is 31.1 Å². The standard InChI is InChI=1S/C17H22N2O3S2/c1-22-16-9-7-15(8-10-16)19(14-17-6-5-13-23-17)24(20,21)18-11-3-2-4-12-18/h5-10,13H,2-4,11-12,14H2,1H3. The molecule has 1 aliphatic rings. The van der Waals surface area contributed by atoms with Gasteiger partial charge in [0.2, 0.25) is 0 Å². The number of methoxy groups -OCH3 is 1. The zero-order valence-corrected chi connectivity index (χ0v) is 15.4. The van der Waals surface area contributed by atoms with E-state index in [0.717, 1.165) is 24.1 Å². The molecule has 2 heterocycles. The summed E-state index contributed by atoms with van der Waals surface area (Å²) in [5, 5.41) is 1.97. The summed E-state index contributed by atoms with van der Waals surface area (Å²) in [5.41, 5.74) is 0.662. The third kappa shape index (κ3) is 3.74. The molecular formula is C17H22N2O3S2. The van der Waals surface area contributed by atoms with E-state index < -0.39 is 10.2 Å². The number of hydrogen-bond donors (Lipinski definition) is 0. The van der Waals surface area contributed by atoms with E-state index in [1.54, 1.807) is 47.0 Å². The van der Waals surface area contributed by atoms with Crippen LogP contribution in [0.4, 0.5) is 5.69 Å². The van der Waals surface area contributed by atoms with Gasteiger partial charge in [-0.1, -0.05) is 12.5 Å². The van der Waals surface area contributed by atoms with Crippen LogP contribution in [0.3, 0.4) is 0 Å². The molecule has 0 radical (unpaired) electrons. The predicted molar refractivity (Wildman–Crippen MR) is 97.8 cm³/mol. The van der Waals surface area contributed by atoms with Crippen LogP contribution in [-0.2, 0) is 16.8 Å². The van der Waals surface area contributed by atoms with Crippen LogP contribution in [0.1, 0.15) is 24.1 Å². The highest BCUT2D eigenvalue weighted by Crippen LogP contribution is 2.28. The molecule has 130 valence electrons. The summed E-state index contributed by atoms with van der Waals surface area (Å²) in [5.74, 6) is 0.713. The van der Waals surface area contributed by atoms with Crippen molar-refractivity contribution < 1.29 is 13.2 Å². The lowest BCUT2D eigenvalue weighted by molar-refractivity contribution is 0.345. The van der Waals surface area contributed by atoms with Gasteiger partial charge in [-0.25, -0.2) is 0 Å². The molecule has 1 aromatic heterocycles. The lowest BCUT2D eigenvalue weighted by Crippen LogP contribution is -2.45. The minimum atomic E-state index is -3.54. The van der Waals surface area contributed by atoms with Crippen molar-refractivity contribution in [2.45, 2.75) is 25.8 Å². The smallest absolute Gasteiger partial charge is 0.304 e. The fourth-order valence-electron chi connectivity index (χ4n) is 2.83. The zero-order chi connectivity index (χ0) is 17.0. The maximum Gasteiger partial charge on any atom is 0.304 e. The second-order valence-corrected chi connectivity index (χ2v) is 8.64. The van der Waals surface area contributed by atoms with E-state index >= 15 is 0 Å². The number of anilines is 1. The van der Waals surface area contributed by atoms with Crippen LogP contribution in [0, 0.1) is 0 Å². The first-order chi connectivity index (χ1) is 11.6. The van der Waals surface area contributed by atoms with Gasteiger partial charge in [0, 0.05) is 18.0 Å². The van der Waals surface area contributed by atoms with Gasteiger partial charge in [-0.3, -0.25) is 4.31 Å². The minimum absolute atomic E-state index is 0.350. The van der Waals surface area contributed by atoms with Gasteiger partial charge in [0.15, 0.2) is 0 Å². The van der Waals surface area contributed by atoms with Crippen LogP contribution in [0.2, 0.25) is 0 Å². The van der Waals surface area contributed by atoms with Crippen LogP contribution in [0.25, 0.3) is 0 Å². The maximum atomic E-state index is 13.2. The quantitative estimate of drug-likeness (QED) is 0.786. The number of thiophene rings is 1. The molecule has 2 aromatic rings. The summed E-state index contributed by atoms with van der Waals surface area (Å²) in [6.45, 7) is 1.54. The molecule has 0 bridgehead atoms. The largest absolute Gasteiger partial charge is 0.497 e. The Hall–Kier alpha value is -1.57. The van der Waals surface area contributed by atoms with Crippen molar-refractivity contribution >= 4 is 27.2 Å². The summed E-state index contributed by atoms with van der Waals surface area (Å²) in [4.78, 5) is 1.02. The van der Waals surface area contributed by atoms with Gasteiger partial charge in [0.25, 0.3) is 0 Å². The Morgan fingerprint density at radius 3 is 2.42 bits per heavy atom. The Labute approximate surface area is 147 Å². The Morgan fingerprint density at radius 1 is 1.12 bits per heavy atom. The molecule has 3 rings (SSSR count). The lowest BCUT2D eigenvalue weighted by atomic mass is 10.2. The summed E-state index contributed by atoms with van der Waals surface area (Å²) < 4.78 is 34.7. The van der Waals surface area contributed by atoms with E-state index in [4.69, 9.17) is 4.74 Å². The Bertz CT molecular complexity index is 737. The van der Waals surface area contributed by atoms with E-state index in [2.05, 4.69) is 0 Å². The monoisotopic (exact) mass is 366 g/mol. The average molecular weight is 367 g/mol. The van der Waals surface area contributed by atoms with Crippen molar-refractivity contribution in [2.24, 2.45) is 0 Å². The normalized spacial score (nSPS) is 16.0. The van der Waals surface area contributed by atoms with Crippen LogP contribution in [0.15, 0.2) is 41.8 Å². The molecule has 0 atom stereocenters. The number of ether oxygens (including phenoxy) is 1. The SMILES string of the molecule is COc1ccc(N(Cc2cccs2)S(=O)(=O)N2CCCCC2)cc1. The van der Waals surface area contributed by atoms with Gasteiger partial charge < -0.3 is 4.74 Å². The topological polar surface area (TPSA) is 49.9 Å².